The second kappa shape index (κ2) is 7.76. The van der Waals surface area contributed by atoms with E-state index in [0.717, 1.165) is 0 Å². The van der Waals surface area contributed by atoms with Crippen molar-refractivity contribution in [1.29, 1.82) is 5.41 Å². The van der Waals surface area contributed by atoms with E-state index in [9.17, 15) is 24.9 Å². The van der Waals surface area contributed by atoms with Gasteiger partial charge < -0.3 is 30.8 Å². The number of fused-ring (bicyclic) bond motifs is 1. The van der Waals surface area contributed by atoms with Gasteiger partial charge in [0.25, 0.3) is 5.91 Å². The largest absolute Gasteiger partial charge is 0.481 e. The van der Waals surface area contributed by atoms with Gasteiger partial charge in [-0.05, 0) is 42.1 Å². The van der Waals surface area contributed by atoms with Gasteiger partial charge in [0, 0.05) is 0 Å². The first-order valence-corrected chi connectivity index (χ1v) is 10.0. The molecule has 3 rings (SSSR count). The molecule has 11 nitrogen and oxygen atoms in total. The lowest BCUT2D eigenvalue weighted by atomic mass is 9.76. The van der Waals surface area contributed by atoms with E-state index < -0.39 is 41.8 Å². The lowest BCUT2D eigenvalue weighted by Crippen LogP contribution is -2.37. The Balaban J connectivity index is 1.98. The summed E-state index contributed by atoms with van der Waals surface area (Å²) in [6, 6.07) is 0. The van der Waals surface area contributed by atoms with Crippen LogP contribution in [0.5, 0.6) is 0 Å². The third kappa shape index (κ3) is 3.53. The number of aromatic amines is 1. The first-order chi connectivity index (χ1) is 13.9. The number of nitrogens with one attached hydrogen (secondary N) is 2. The van der Waals surface area contributed by atoms with Crippen molar-refractivity contribution in [2.75, 3.05) is 0 Å². The number of nitrogens with two attached hydrogens (primary N) is 1. The molecule has 1 saturated heterocycles. The average molecular weight is 486 g/mol. The van der Waals surface area contributed by atoms with E-state index in [1.807, 2.05) is 0 Å². The van der Waals surface area contributed by atoms with Crippen LogP contribution in [0, 0.1) is 16.7 Å². The second-order valence-electron chi connectivity index (χ2n) is 8.11. The Morgan fingerprint density at radius 1 is 1.43 bits per heavy atom. The zero-order valence-electron chi connectivity index (χ0n) is 16.6. The molecule has 0 spiro atoms. The standard InChI is InChI=1S/C18H24BrN5O6/c1-6(18(2,3)17(28)29)4-7-10(25)11(26)16(30-7)24-5-22-13(20)9-8(14(21)27)12(19)23-15(9)24/h5-7,10-11,16,20,23,25-26H,4H2,1-3H3,(H2,21,27)(H,28,29)/t6?,7-,10+,11-,16-/m0/s1. The maximum atomic E-state index is 11.8. The molecule has 0 aromatic carbocycles. The minimum absolute atomic E-state index is 0.0401. The highest BCUT2D eigenvalue weighted by atomic mass is 79.9. The number of aliphatic hydroxyl groups is 2. The second-order valence-corrected chi connectivity index (χ2v) is 8.91. The molecular weight excluding hydrogens is 462 g/mol. The van der Waals surface area contributed by atoms with Crippen LogP contribution in [0.2, 0.25) is 0 Å². The number of ether oxygens (including phenoxy) is 1. The number of aromatic nitrogens is 3. The summed E-state index contributed by atoms with van der Waals surface area (Å²) in [5.41, 5.74) is 4.46. The van der Waals surface area contributed by atoms with Gasteiger partial charge in [-0.2, -0.15) is 0 Å². The molecule has 30 heavy (non-hydrogen) atoms. The number of nitrogens with zero attached hydrogens (tertiary/aromatic N) is 2. The number of carbonyl (C=O) groups excluding carboxylic acids is 1. The van der Waals surface area contributed by atoms with Crippen molar-refractivity contribution in [3.8, 4) is 0 Å². The van der Waals surface area contributed by atoms with E-state index in [1.165, 1.54) is 10.9 Å². The highest BCUT2D eigenvalue weighted by Gasteiger charge is 2.46. The maximum Gasteiger partial charge on any atom is 0.309 e. The molecule has 7 N–H and O–H groups in total. The summed E-state index contributed by atoms with van der Waals surface area (Å²) in [7, 11) is 0. The molecular formula is C18H24BrN5O6. The Bertz CT molecular complexity index is 1060. The number of carboxylic acids is 1. The first kappa shape index (κ1) is 22.4. The molecule has 12 heteroatoms. The lowest BCUT2D eigenvalue weighted by molar-refractivity contribution is -0.151. The third-order valence-corrected chi connectivity index (χ3v) is 6.56. The Labute approximate surface area is 179 Å². The van der Waals surface area contributed by atoms with Gasteiger partial charge in [-0.3, -0.25) is 19.6 Å². The molecule has 1 unspecified atom stereocenters. The normalized spacial score (nSPS) is 25.5. The summed E-state index contributed by atoms with van der Waals surface area (Å²) in [6.07, 6.45) is -3.07. The fourth-order valence-electron chi connectivity index (χ4n) is 3.56. The van der Waals surface area contributed by atoms with Crippen LogP contribution in [-0.4, -0.2) is 60.0 Å². The molecule has 1 amide bonds. The van der Waals surface area contributed by atoms with Crippen molar-refractivity contribution in [2.45, 2.75) is 51.7 Å². The van der Waals surface area contributed by atoms with Crippen molar-refractivity contribution in [3.05, 3.63) is 22.0 Å². The zero-order chi connectivity index (χ0) is 22.5. The van der Waals surface area contributed by atoms with Crippen molar-refractivity contribution >= 4 is 38.8 Å². The Morgan fingerprint density at radius 2 is 2.07 bits per heavy atom. The van der Waals surface area contributed by atoms with E-state index in [1.54, 1.807) is 20.8 Å². The number of aliphatic carboxylic acids is 1. The van der Waals surface area contributed by atoms with Gasteiger partial charge in [0.2, 0.25) is 0 Å². The number of primary amides is 1. The molecule has 5 atom stereocenters. The molecule has 1 fully saturated rings. The molecule has 0 saturated carbocycles. The number of H-pyrrole nitrogens is 1. The quantitative estimate of drug-likeness (QED) is 0.342. The fraction of sp³-hybridized carbons (Fsp3) is 0.556. The monoisotopic (exact) mass is 485 g/mol. The molecule has 2 aromatic heterocycles. The summed E-state index contributed by atoms with van der Waals surface area (Å²) < 4.78 is 7.52. The van der Waals surface area contributed by atoms with E-state index >= 15 is 0 Å². The zero-order valence-corrected chi connectivity index (χ0v) is 18.2. The van der Waals surface area contributed by atoms with Crippen LogP contribution < -0.4 is 11.2 Å². The molecule has 0 aliphatic carbocycles. The van der Waals surface area contributed by atoms with Crippen LogP contribution in [0.3, 0.4) is 0 Å². The van der Waals surface area contributed by atoms with Gasteiger partial charge >= 0.3 is 5.97 Å². The summed E-state index contributed by atoms with van der Waals surface area (Å²) in [6.45, 7) is 4.92. The summed E-state index contributed by atoms with van der Waals surface area (Å²) in [5.74, 6) is -2.10. The van der Waals surface area contributed by atoms with E-state index in [-0.39, 0.29) is 39.0 Å². The highest BCUT2D eigenvalue weighted by Crippen LogP contribution is 2.38. The highest BCUT2D eigenvalue weighted by molar-refractivity contribution is 9.10. The Morgan fingerprint density at radius 3 is 2.63 bits per heavy atom. The van der Waals surface area contributed by atoms with Crippen LogP contribution >= 0.6 is 15.9 Å². The number of halogens is 1. The summed E-state index contributed by atoms with van der Waals surface area (Å²) >= 11 is 3.20. The van der Waals surface area contributed by atoms with Crippen molar-refractivity contribution in [2.24, 2.45) is 17.1 Å². The first-order valence-electron chi connectivity index (χ1n) is 9.25. The summed E-state index contributed by atoms with van der Waals surface area (Å²) in [4.78, 5) is 30.1. The number of amides is 1. The third-order valence-electron chi connectivity index (χ3n) is 5.97. The number of carboxylic acid groups (broad SMARTS) is 1. The molecule has 1 aliphatic rings. The van der Waals surface area contributed by atoms with E-state index in [0.29, 0.717) is 0 Å². The van der Waals surface area contributed by atoms with E-state index in [2.05, 4.69) is 25.9 Å². The minimum Gasteiger partial charge on any atom is -0.481 e. The SMILES string of the molecule is CC(C[C@@H]1O[C@H](n2cnc(=N)c3c(C(N)=O)c(Br)[nH]c32)[C@@H](O)[C@@H]1O)C(C)(C)C(=O)O. The molecule has 2 aromatic rings. The van der Waals surface area contributed by atoms with Crippen molar-refractivity contribution in [1.82, 2.24) is 14.5 Å². The number of rotatable bonds is 6. The Kier molecular flexibility index (Phi) is 5.80. The van der Waals surface area contributed by atoms with Crippen LogP contribution in [0.25, 0.3) is 11.0 Å². The van der Waals surface area contributed by atoms with Gasteiger partial charge in [-0.25, -0.2) is 4.98 Å². The van der Waals surface area contributed by atoms with Crippen LogP contribution in [0.15, 0.2) is 10.9 Å². The smallest absolute Gasteiger partial charge is 0.309 e. The predicted octanol–water partition coefficient (Wildman–Crippen LogP) is 0.461. The van der Waals surface area contributed by atoms with Crippen LogP contribution in [-0.2, 0) is 9.53 Å². The Hall–Kier alpha value is -2.28. The average Bonchev–Trinajstić information content (AvgIpc) is 3.14. The maximum absolute atomic E-state index is 11.8. The van der Waals surface area contributed by atoms with Crippen molar-refractivity contribution in [3.63, 3.8) is 0 Å². The van der Waals surface area contributed by atoms with Gasteiger partial charge in [0.05, 0.1) is 27.1 Å². The predicted molar refractivity (Wildman–Crippen MR) is 107 cm³/mol. The molecule has 3 heterocycles. The number of aliphatic hydroxyl groups excluding tert-OH is 2. The van der Waals surface area contributed by atoms with Crippen LogP contribution in [0.1, 0.15) is 43.8 Å². The van der Waals surface area contributed by atoms with Gasteiger partial charge in [0.1, 0.15) is 24.2 Å². The molecule has 0 radical (unpaired) electrons. The molecule has 1 aliphatic heterocycles. The summed E-state index contributed by atoms with van der Waals surface area (Å²) in [5, 5.41) is 38.7. The fourth-order valence-corrected chi connectivity index (χ4v) is 4.14. The number of carbonyl (C=O) groups is 2. The van der Waals surface area contributed by atoms with Gasteiger partial charge in [-0.1, -0.05) is 6.92 Å². The minimum atomic E-state index is -1.35. The van der Waals surface area contributed by atoms with E-state index in [4.69, 9.17) is 15.9 Å². The lowest BCUT2D eigenvalue weighted by Gasteiger charge is -2.29. The van der Waals surface area contributed by atoms with Crippen LogP contribution in [0.4, 0.5) is 0 Å². The number of hydrogen-bond donors (Lipinski definition) is 6. The molecule has 164 valence electrons. The van der Waals surface area contributed by atoms with Gasteiger partial charge in [-0.15, -0.1) is 0 Å². The van der Waals surface area contributed by atoms with Crippen molar-refractivity contribution < 1.29 is 29.6 Å². The topological polar surface area (TPSA) is 188 Å². The number of hydrogen-bond acceptors (Lipinski definition) is 7. The van der Waals surface area contributed by atoms with Gasteiger partial charge in [0.15, 0.2) is 11.7 Å². The molecule has 0 bridgehead atoms.